The van der Waals surface area contributed by atoms with E-state index in [1.165, 1.54) is 4.90 Å². The van der Waals surface area contributed by atoms with E-state index in [4.69, 9.17) is 9.84 Å². The standard InChI is InChI=1S/C8H13NO4/c1-9-5-4-6(13-8(9)12)2-3-7(10)11/h6H,2-5H2,1H3,(H,10,11). The lowest BCUT2D eigenvalue weighted by Gasteiger charge is -2.28. The summed E-state index contributed by atoms with van der Waals surface area (Å²) in [6.07, 6.45) is 0.605. The molecular formula is C8H13NO4. The molecule has 5 heteroatoms. The third-order valence-corrected chi connectivity index (χ3v) is 2.05. The van der Waals surface area contributed by atoms with Crippen LogP contribution in [0.1, 0.15) is 19.3 Å². The fourth-order valence-corrected chi connectivity index (χ4v) is 1.21. The maximum Gasteiger partial charge on any atom is 0.409 e. The van der Waals surface area contributed by atoms with E-state index in [2.05, 4.69) is 0 Å². The van der Waals surface area contributed by atoms with Gasteiger partial charge in [-0.2, -0.15) is 0 Å². The monoisotopic (exact) mass is 187 g/mol. The maximum atomic E-state index is 11.0. The van der Waals surface area contributed by atoms with Gasteiger partial charge in [0.25, 0.3) is 0 Å². The highest BCUT2D eigenvalue weighted by atomic mass is 16.6. The van der Waals surface area contributed by atoms with Gasteiger partial charge >= 0.3 is 12.1 Å². The van der Waals surface area contributed by atoms with Gasteiger partial charge in [0.2, 0.25) is 0 Å². The molecule has 1 atom stereocenters. The molecule has 0 aromatic rings. The Morgan fingerprint density at radius 1 is 1.77 bits per heavy atom. The van der Waals surface area contributed by atoms with Gasteiger partial charge in [-0.3, -0.25) is 4.79 Å². The average molecular weight is 187 g/mol. The van der Waals surface area contributed by atoms with Crippen LogP contribution in [0.15, 0.2) is 0 Å². The van der Waals surface area contributed by atoms with Crippen LogP contribution in [-0.2, 0) is 9.53 Å². The molecular weight excluding hydrogens is 174 g/mol. The van der Waals surface area contributed by atoms with Crippen molar-refractivity contribution in [3.8, 4) is 0 Å². The summed E-state index contributed by atoms with van der Waals surface area (Å²) in [5.41, 5.74) is 0. The fourth-order valence-electron chi connectivity index (χ4n) is 1.21. The van der Waals surface area contributed by atoms with E-state index in [-0.39, 0.29) is 18.6 Å². The zero-order valence-electron chi connectivity index (χ0n) is 7.52. The number of carboxylic acids is 1. The Labute approximate surface area is 76.3 Å². The number of carboxylic acid groups (broad SMARTS) is 1. The summed E-state index contributed by atoms with van der Waals surface area (Å²) in [7, 11) is 1.66. The van der Waals surface area contributed by atoms with Crippen molar-refractivity contribution in [2.45, 2.75) is 25.4 Å². The molecule has 5 nitrogen and oxygen atoms in total. The number of aliphatic carboxylic acids is 1. The first kappa shape index (κ1) is 9.83. The summed E-state index contributed by atoms with van der Waals surface area (Å²) in [5, 5.41) is 8.41. The highest BCUT2D eigenvalue weighted by molar-refractivity contribution is 5.68. The normalized spacial score (nSPS) is 22.7. The predicted octanol–water partition coefficient (Wildman–Crippen LogP) is 0.692. The first-order chi connectivity index (χ1) is 6.09. The van der Waals surface area contributed by atoms with Gasteiger partial charge in [0.15, 0.2) is 0 Å². The summed E-state index contributed by atoms with van der Waals surface area (Å²) >= 11 is 0. The first-order valence-electron chi connectivity index (χ1n) is 4.23. The van der Waals surface area contributed by atoms with Crippen LogP contribution in [0.25, 0.3) is 0 Å². The lowest BCUT2D eigenvalue weighted by atomic mass is 10.1. The van der Waals surface area contributed by atoms with Crippen molar-refractivity contribution < 1.29 is 19.4 Å². The van der Waals surface area contributed by atoms with Gasteiger partial charge in [0.05, 0.1) is 0 Å². The van der Waals surface area contributed by atoms with E-state index < -0.39 is 5.97 Å². The number of hydrogen-bond acceptors (Lipinski definition) is 3. The van der Waals surface area contributed by atoms with Crippen molar-refractivity contribution >= 4 is 12.1 Å². The molecule has 1 heterocycles. The largest absolute Gasteiger partial charge is 0.481 e. The summed E-state index contributed by atoms with van der Waals surface area (Å²) < 4.78 is 4.97. The van der Waals surface area contributed by atoms with E-state index in [0.717, 1.165) is 6.42 Å². The van der Waals surface area contributed by atoms with Crippen LogP contribution in [0.5, 0.6) is 0 Å². The van der Waals surface area contributed by atoms with Gasteiger partial charge < -0.3 is 14.7 Å². The number of carbonyl (C=O) groups is 2. The van der Waals surface area contributed by atoms with Crippen LogP contribution in [0.2, 0.25) is 0 Å². The van der Waals surface area contributed by atoms with Gasteiger partial charge in [0.1, 0.15) is 6.10 Å². The number of amides is 1. The molecule has 1 unspecified atom stereocenters. The lowest BCUT2D eigenvalue weighted by molar-refractivity contribution is -0.137. The Kier molecular flexibility index (Phi) is 3.11. The number of ether oxygens (including phenoxy) is 1. The molecule has 1 N–H and O–H groups in total. The second-order valence-corrected chi connectivity index (χ2v) is 3.15. The second kappa shape index (κ2) is 4.11. The molecule has 0 radical (unpaired) electrons. The van der Waals surface area contributed by atoms with E-state index in [9.17, 15) is 9.59 Å². The quantitative estimate of drug-likeness (QED) is 0.706. The minimum absolute atomic E-state index is 0.0572. The van der Waals surface area contributed by atoms with Crippen LogP contribution in [-0.4, -0.2) is 41.8 Å². The molecule has 74 valence electrons. The van der Waals surface area contributed by atoms with Crippen LogP contribution >= 0.6 is 0 Å². The number of cyclic esters (lactones) is 1. The van der Waals surface area contributed by atoms with Gasteiger partial charge in [-0.1, -0.05) is 0 Å². The molecule has 13 heavy (non-hydrogen) atoms. The van der Waals surface area contributed by atoms with E-state index in [1.54, 1.807) is 7.05 Å². The lowest BCUT2D eigenvalue weighted by Crippen LogP contribution is -2.39. The van der Waals surface area contributed by atoms with Gasteiger partial charge in [-0.05, 0) is 6.42 Å². The highest BCUT2D eigenvalue weighted by Crippen LogP contribution is 2.14. The Morgan fingerprint density at radius 3 is 3.00 bits per heavy atom. The molecule has 1 rings (SSSR count). The molecule has 0 aliphatic carbocycles. The van der Waals surface area contributed by atoms with Gasteiger partial charge in [-0.15, -0.1) is 0 Å². The number of carbonyl (C=O) groups excluding carboxylic acids is 1. The zero-order valence-corrected chi connectivity index (χ0v) is 7.52. The molecule has 0 bridgehead atoms. The van der Waals surface area contributed by atoms with Crippen molar-refractivity contribution in [2.75, 3.05) is 13.6 Å². The topological polar surface area (TPSA) is 66.8 Å². The van der Waals surface area contributed by atoms with Crippen molar-refractivity contribution in [3.63, 3.8) is 0 Å². The number of hydrogen-bond donors (Lipinski definition) is 1. The molecule has 0 spiro atoms. The van der Waals surface area contributed by atoms with Crippen molar-refractivity contribution in [2.24, 2.45) is 0 Å². The second-order valence-electron chi connectivity index (χ2n) is 3.15. The number of nitrogens with zero attached hydrogens (tertiary/aromatic N) is 1. The minimum Gasteiger partial charge on any atom is -0.481 e. The molecule has 1 aliphatic rings. The fraction of sp³-hybridized carbons (Fsp3) is 0.750. The van der Waals surface area contributed by atoms with Crippen molar-refractivity contribution in [3.05, 3.63) is 0 Å². The summed E-state index contributed by atoms with van der Waals surface area (Å²) in [5.74, 6) is -0.852. The molecule has 1 saturated heterocycles. The van der Waals surface area contributed by atoms with E-state index in [1.807, 2.05) is 0 Å². The smallest absolute Gasteiger partial charge is 0.409 e. The van der Waals surface area contributed by atoms with Crippen LogP contribution < -0.4 is 0 Å². The van der Waals surface area contributed by atoms with E-state index >= 15 is 0 Å². The summed E-state index contributed by atoms with van der Waals surface area (Å²) in [6, 6.07) is 0. The first-order valence-corrected chi connectivity index (χ1v) is 4.23. The molecule has 1 aliphatic heterocycles. The van der Waals surface area contributed by atoms with Gasteiger partial charge in [0, 0.05) is 26.4 Å². The average Bonchev–Trinajstić information content (AvgIpc) is 2.07. The molecule has 0 aromatic carbocycles. The molecule has 0 saturated carbocycles. The highest BCUT2D eigenvalue weighted by Gasteiger charge is 2.24. The van der Waals surface area contributed by atoms with E-state index in [0.29, 0.717) is 13.0 Å². The third kappa shape index (κ3) is 2.93. The maximum absolute atomic E-state index is 11.0. The van der Waals surface area contributed by atoms with Crippen LogP contribution in [0.4, 0.5) is 4.79 Å². The zero-order chi connectivity index (χ0) is 9.84. The Balaban J connectivity index is 2.29. The molecule has 0 aromatic heterocycles. The Bertz CT molecular complexity index is 216. The Hall–Kier alpha value is -1.26. The van der Waals surface area contributed by atoms with Crippen LogP contribution in [0, 0.1) is 0 Å². The third-order valence-electron chi connectivity index (χ3n) is 2.05. The summed E-state index contributed by atoms with van der Waals surface area (Å²) in [4.78, 5) is 22.7. The minimum atomic E-state index is -0.852. The molecule has 1 fully saturated rings. The molecule has 1 amide bonds. The van der Waals surface area contributed by atoms with Crippen molar-refractivity contribution in [1.29, 1.82) is 0 Å². The SMILES string of the molecule is CN1CCC(CCC(=O)O)OC1=O. The predicted molar refractivity (Wildman–Crippen MR) is 44.4 cm³/mol. The van der Waals surface area contributed by atoms with Crippen molar-refractivity contribution in [1.82, 2.24) is 4.90 Å². The van der Waals surface area contributed by atoms with Gasteiger partial charge in [-0.25, -0.2) is 4.79 Å². The Morgan fingerprint density at radius 2 is 2.46 bits per heavy atom. The number of rotatable bonds is 3. The summed E-state index contributed by atoms with van der Waals surface area (Å²) in [6.45, 7) is 0.642. The van der Waals surface area contributed by atoms with Crippen LogP contribution in [0.3, 0.4) is 0 Å².